The molecule has 0 aliphatic carbocycles. The number of benzene rings is 1. The van der Waals surface area contributed by atoms with Gasteiger partial charge in [0.15, 0.2) is 5.82 Å². The maximum Gasteiger partial charge on any atom is 0.573 e. The highest BCUT2D eigenvalue weighted by molar-refractivity contribution is 5.80. The van der Waals surface area contributed by atoms with Crippen LogP contribution in [0.2, 0.25) is 0 Å². The number of amides is 1. The minimum Gasteiger partial charge on any atom is -0.406 e. The van der Waals surface area contributed by atoms with Crippen LogP contribution in [0.5, 0.6) is 5.75 Å². The Bertz CT molecular complexity index is 1090. The summed E-state index contributed by atoms with van der Waals surface area (Å²) >= 11 is 0. The van der Waals surface area contributed by atoms with E-state index in [0.29, 0.717) is 50.7 Å². The highest BCUT2D eigenvalue weighted by Gasteiger charge is 2.42. The first-order chi connectivity index (χ1) is 16.7. The summed E-state index contributed by atoms with van der Waals surface area (Å²) < 4.78 is 54.8. The van der Waals surface area contributed by atoms with Gasteiger partial charge in [-0.1, -0.05) is 18.2 Å². The van der Waals surface area contributed by atoms with Crippen molar-refractivity contribution in [3.05, 3.63) is 54.1 Å². The second kappa shape index (κ2) is 9.44. The second-order valence-electron chi connectivity index (χ2n) is 9.08. The van der Waals surface area contributed by atoms with Gasteiger partial charge in [-0.25, -0.2) is 14.4 Å². The molecular weight excluding hydrogens is 466 g/mol. The Morgan fingerprint density at radius 1 is 1.11 bits per heavy atom. The van der Waals surface area contributed by atoms with Crippen molar-refractivity contribution in [3.63, 3.8) is 0 Å². The zero-order chi connectivity index (χ0) is 24.6. The summed E-state index contributed by atoms with van der Waals surface area (Å²) in [6.07, 6.45) is 2.01. The number of rotatable bonds is 5. The van der Waals surface area contributed by atoms with Crippen LogP contribution in [-0.4, -0.2) is 76.8 Å². The largest absolute Gasteiger partial charge is 0.573 e. The Morgan fingerprint density at radius 3 is 2.46 bits per heavy atom. The number of aromatic nitrogens is 2. The second-order valence-corrected chi connectivity index (χ2v) is 9.08. The Kier molecular flexibility index (Phi) is 6.35. The van der Waals surface area contributed by atoms with Crippen LogP contribution in [0.1, 0.15) is 24.8 Å². The summed E-state index contributed by atoms with van der Waals surface area (Å²) in [6, 6.07) is 6.28. The molecule has 2 atom stereocenters. The molecule has 7 nitrogen and oxygen atoms in total. The van der Waals surface area contributed by atoms with E-state index < -0.39 is 12.2 Å². The number of ether oxygens (including phenoxy) is 1. The van der Waals surface area contributed by atoms with Crippen molar-refractivity contribution in [2.24, 2.45) is 0 Å². The smallest absolute Gasteiger partial charge is 0.406 e. The molecule has 0 spiro atoms. The molecule has 2 aromatic rings. The maximum atomic E-state index is 13.2. The molecule has 186 valence electrons. The van der Waals surface area contributed by atoms with Gasteiger partial charge in [0.2, 0.25) is 11.9 Å². The Labute approximate surface area is 200 Å². The Hall–Kier alpha value is -3.21. The zero-order valence-corrected chi connectivity index (χ0v) is 18.9. The molecule has 3 aliphatic rings. The quantitative estimate of drug-likeness (QED) is 0.597. The molecule has 1 aromatic carbocycles. The zero-order valence-electron chi connectivity index (χ0n) is 18.9. The van der Waals surface area contributed by atoms with Gasteiger partial charge in [0.25, 0.3) is 0 Å². The number of carbonyl (C=O) groups is 1. The number of anilines is 1. The van der Waals surface area contributed by atoms with Gasteiger partial charge >= 0.3 is 6.36 Å². The number of halogens is 4. The van der Waals surface area contributed by atoms with E-state index >= 15 is 0 Å². The van der Waals surface area contributed by atoms with E-state index in [0.717, 1.165) is 18.4 Å². The first-order valence-corrected chi connectivity index (χ1v) is 11.6. The summed E-state index contributed by atoms with van der Waals surface area (Å²) in [4.78, 5) is 27.3. The van der Waals surface area contributed by atoms with Gasteiger partial charge < -0.3 is 14.5 Å². The summed E-state index contributed by atoms with van der Waals surface area (Å²) in [5.74, 6) is -0.163. The molecule has 0 saturated carbocycles. The third-order valence-corrected chi connectivity index (χ3v) is 6.75. The molecule has 35 heavy (non-hydrogen) atoms. The number of nitrogens with zero attached hydrogens (tertiary/aromatic N) is 5. The van der Waals surface area contributed by atoms with Gasteiger partial charge in [0.1, 0.15) is 5.75 Å². The molecule has 5 rings (SSSR count). The van der Waals surface area contributed by atoms with E-state index in [1.165, 1.54) is 30.6 Å². The highest BCUT2D eigenvalue weighted by Crippen LogP contribution is 2.33. The molecule has 2 bridgehead atoms. The van der Waals surface area contributed by atoms with Crippen LogP contribution in [0.3, 0.4) is 0 Å². The predicted octanol–water partition coefficient (Wildman–Crippen LogP) is 3.48. The minimum atomic E-state index is -4.74. The molecule has 3 aliphatic heterocycles. The molecule has 0 N–H and O–H groups in total. The number of carbonyl (C=O) groups excluding carboxylic acids is 1. The summed E-state index contributed by atoms with van der Waals surface area (Å²) in [5.41, 5.74) is 1.56. The van der Waals surface area contributed by atoms with Gasteiger partial charge in [-0.2, -0.15) is 0 Å². The van der Waals surface area contributed by atoms with E-state index in [-0.39, 0.29) is 23.7 Å². The van der Waals surface area contributed by atoms with Crippen LogP contribution in [-0.2, 0) is 4.79 Å². The van der Waals surface area contributed by atoms with Crippen LogP contribution >= 0.6 is 0 Å². The third kappa shape index (κ3) is 5.39. The Balaban J connectivity index is 1.17. The molecule has 1 amide bonds. The van der Waals surface area contributed by atoms with Gasteiger partial charge in [-0.3, -0.25) is 9.69 Å². The van der Waals surface area contributed by atoms with Gasteiger partial charge in [-0.05, 0) is 42.5 Å². The van der Waals surface area contributed by atoms with Gasteiger partial charge in [0.05, 0.1) is 18.9 Å². The standard InChI is InChI=1S/C24H25F4N5O2/c25-18-11-29-23(30-12-18)33-19-4-5-20(33)14-31(13-19)15-22(34)32-8-6-16(7-9-32)17-2-1-3-21(10-17)35-24(26,27)28/h1-3,6,10-12,19-20H,4-5,7-9,13-15H2. The summed E-state index contributed by atoms with van der Waals surface area (Å²) in [6.45, 7) is 2.65. The molecule has 2 unspecified atom stereocenters. The number of fused-ring (bicyclic) bond motifs is 2. The van der Waals surface area contributed by atoms with E-state index in [1.54, 1.807) is 11.0 Å². The maximum absolute atomic E-state index is 13.2. The fourth-order valence-electron chi connectivity index (χ4n) is 5.23. The summed E-state index contributed by atoms with van der Waals surface area (Å²) in [7, 11) is 0. The topological polar surface area (TPSA) is 61.8 Å². The fourth-order valence-corrected chi connectivity index (χ4v) is 5.23. The average Bonchev–Trinajstić information content (AvgIpc) is 3.09. The van der Waals surface area contributed by atoms with Crippen molar-refractivity contribution >= 4 is 17.4 Å². The molecule has 11 heteroatoms. The fraction of sp³-hybridized carbons (Fsp3) is 0.458. The lowest BCUT2D eigenvalue weighted by atomic mass is 9.99. The van der Waals surface area contributed by atoms with E-state index in [4.69, 9.17) is 0 Å². The molecule has 1 aromatic heterocycles. The lowest BCUT2D eigenvalue weighted by Crippen LogP contribution is -2.56. The number of alkyl halides is 3. The van der Waals surface area contributed by atoms with Crippen LogP contribution in [0.4, 0.5) is 23.5 Å². The van der Waals surface area contributed by atoms with Crippen LogP contribution in [0.25, 0.3) is 5.57 Å². The lowest BCUT2D eigenvalue weighted by Gasteiger charge is -2.41. The Morgan fingerprint density at radius 2 is 1.83 bits per heavy atom. The number of hydrogen-bond acceptors (Lipinski definition) is 6. The van der Waals surface area contributed by atoms with Crippen molar-refractivity contribution in [3.8, 4) is 5.75 Å². The first-order valence-electron chi connectivity index (χ1n) is 11.6. The van der Waals surface area contributed by atoms with E-state index in [9.17, 15) is 22.4 Å². The van der Waals surface area contributed by atoms with Gasteiger partial charge in [0, 0.05) is 38.3 Å². The highest BCUT2D eigenvalue weighted by atomic mass is 19.4. The van der Waals surface area contributed by atoms with Crippen molar-refractivity contribution in [1.82, 2.24) is 19.8 Å². The van der Waals surface area contributed by atoms with Crippen LogP contribution < -0.4 is 9.64 Å². The number of likely N-dealkylation sites (tertiary alicyclic amines) is 1. The van der Waals surface area contributed by atoms with Crippen LogP contribution in [0, 0.1) is 5.82 Å². The lowest BCUT2D eigenvalue weighted by molar-refractivity contribution is -0.274. The van der Waals surface area contributed by atoms with Gasteiger partial charge in [-0.15, -0.1) is 13.2 Å². The SMILES string of the molecule is O=C(CN1CC2CCC(C1)N2c1ncc(F)cn1)N1CC=C(c2cccc(OC(F)(F)F)c2)CC1. The average molecular weight is 491 g/mol. The van der Waals surface area contributed by atoms with Crippen LogP contribution in [0.15, 0.2) is 42.7 Å². The molecule has 4 heterocycles. The minimum absolute atomic E-state index is 0.0281. The van der Waals surface area contributed by atoms with Crippen molar-refractivity contribution in [2.75, 3.05) is 37.6 Å². The number of hydrogen-bond donors (Lipinski definition) is 0. The first kappa shape index (κ1) is 23.5. The van der Waals surface area contributed by atoms with Crippen molar-refractivity contribution in [1.29, 1.82) is 0 Å². The van der Waals surface area contributed by atoms with E-state index in [2.05, 4.69) is 24.5 Å². The van der Waals surface area contributed by atoms with Crippen molar-refractivity contribution in [2.45, 2.75) is 37.7 Å². The molecule has 0 radical (unpaired) electrons. The molecule has 2 fully saturated rings. The molecular formula is C24H25F4N5O2. The monoisotopic (exact) mass is 491 g/mol. The molecule has 2 saturated heterocycles. The number of piperazine rings is 1. The summed E-state index contributed by atoms with van der Waals surface area (Å²) in [5, 5.41) is 0. The third-order valence-electron chi connectivity index (χ3n) is 6.75. The van der Waals surface area contributed by atoms with Crippen molar-refractivity contribution < 1.29 is 27.1 Å². The predicted molar refractivity (Wildman–Crippen MR) is 120 cm³/mol. The van der Waals surface area contributed by atoms with E-state index in [1.807, 2.05) is 6.08 Å². The normalized spacial score (nSPS) is 22.8.